The van der Waals surface area contributed by atoms with Crippen LogP contribution in [0, 0.1) is 6.92 Å². The monoisotopic (exact) mass is 389 g/mol. The van der Waals surface area contributed by atoms with E-state index in [2.05, 4.69) is 10.1 Å². The predicted molar refractivity (Wildman–Crippen MR) is 96.0 cm³/mol. The summed E-state index contributed by atoms with van der Waals surface area (Å²) in [4.78, 5) is 4.50. The van der Waals surface area contributed by atoms with Gasteiger partial charge in [0.2, 0.25) is 5.09 Å². The third kappa shape index (κ3) is 3.02. The molecule has 1 aromatic carbocycles. The highest BCUT2D eigenvalue weighted by atomic mass is 32.2. The number of sulfonamides is 1. The van der Waals surface area contributed by atoms with Gasteiger partial charge in [-0.05, 0) is 19.4 Å². The number of nitrogens with zero attached hydrogens (tertiary/aromatic N) is 3. The lowest BCUT2D eigenvalue weighted by atomic mass is 9.92. The molecular formula is C18H19N3O5S. The molecule has 8 nitrogen and oxygen atoms in total. The number of fused-ring (bicyclic) bond motifs is 1. The molecule has 1 atom stereocenters. The summed E-state index contributed by atoms with van der Waals surface area (Å²) in [6.45, 7) is 2.24. The number of hydrogen-bond donors (Lipinski definition) is 0. The lowest BCUT2D eigenvalue weighted by Crippen LogP contribution is -2.21. The molecule has 0 saturated carbocycles. The van der Waals surface area contributed by atoms with Crippen LogP contribution in [0.5, 0.6) is 5.75 Å². The molecule has 0 bridgehead atoms. The number of furan rings is 1. The van der Waals surface area contributed by atoms with Gasteiger partial charge in [-0.2, -0.15) is 4.98 Å². The van der Waals surface area contributed by atoms with Crippen LogP contribution < -0.4 is 4.74 Å². The van der Waals surface area contributed by atoms with Crippen molar-refractivity contribution in [2.45, 2.75) is 24.4 Å². The lowest BCUT2D eigenvalue weighted by Gasteiger charge is -2.23. The van der Waals surface area contributed by atoms with Gasteiger partial charge in [-0.25, -0.2) is 12.7 Å². The zero-order valence-electron chi connectivity index (χ0n) is 15.2. The van der Waals surface area contributed by atoms with Crippen molar-refractivity contribution in [3.05, 3.63) is 47.5 Å². The van der Waals surface area contributed by atoms with E-state index in [0.29, 0.717) is 23.8 Å². The van der Waals surface area contributed by atoms with Gasteiger partial charge in [-0.1, -0.05) is 23.4 Å². The van der Waals surface area contributed by atoms with Crippen LogP contribution in [0.3, 0.4) is 0 Å². The highest BCUT2D eigenvalue weighted by molar-refractivity contribution is 7.88. The molecule has 0 spiro atoms. The average molecular weight is 389 g/mol. The number of hydrogen-bond acceptors (Lipinski definition) is 7. The third-order valence-corrected chi connectivity index (χ3v) is 6.24. The minimum absolute atomic E-state index is 0.0374. The molecule has 142 valence electrons. The number of aryl methyl sites for hydroxylation is 1. The predicted octanol–water partition coefficient (Wildman–Crippen LogP) is 2.80. The molecule has 0 radical (unpaired) electrons. The Hall–Kier alpha value is -2.65. The highest BCUT2D eigenvalue weighted by Crippen LogP contribution is 2.38. The molecule has 0 amide bonds. The van der Waals surface area contributed by atoms with Crippen molar-refractivity contribution in [3.8, 4) is 17.2 Å². The van der Waals surface area contributed by atoms with E-state index in [4.69, 9.17) is 13.7 Å². The summed E-state index contributed by atoms with van der Waals surface area (Å²) >= 11 is 0. The van der Waals surface area contributed by atoms with Gasteiger partial charge in [0.15, 0.2) is 5.82 Å². The standard InChI is InChI=1S/C18H19N3O5S/c1-11-14(10-16(25-11)27(22,23)21(2)3)18-19-17(20-26-18)13-8-9-24-15-7-5-4-6-12(13)15/h4-7,10,13H,8-9H2,1-3H3. The topological polar surface area (TPSA) is 98.7 Å². The fraction of sp³-hybridized carbons (Fsp3) is 0.333. The Morgan fingerprint density at radius 3 is 2.78 bits per heavy atom. The van der Waals surface area contributed by atoms with Gasteiger partial charge in [-0.15, -0.1) is 0 Å². The van der Waals surface area contributed by atoms with Crippen LogP contribution in [-0.2, 0) is 10.0 Å². The zero-order chi connectivity index (χ0) is 19.2. The summed E-state index contributed by atoms with van der Waals surface area (Å²) in [6.07, 6.45) is 0.737. The molecule has 3 aromatic rings. The Balaban J connectivity index is 1.70. The fourth-order valence-electron chi connectivity index (χ4n) is 3.07. The third-order valence-electron chi connectivity index (χ3n) is 4.57. The molecular weight excluding hydrogens is 370 g/mol. The van der Waals surface area contributed by atoms with Gasteiger partial charge in [0.05, 0.1) is 18.1 Å². The second-order valence-electron chi connectivity index (χ2n) is 6.51. The maximum absolute atomic E-state index is 12.3. The molecule has 3 heterocycles. The SMILES string of the molecule is Cc1oc(S(=O)(=O)N(C)C)cc1-c1nc(C2CCOc3ccccc32)no1. The summed E-state index contributed by atoms with van der Waals surface area (Å²) < 4.78 is 42.2. The Kier molecular flexibility index (Phi) is 4.27. The number of aromatic nitrogens is 2. The van der Waals surface area contributed by atoms with Gasteiger partial charge in [0, 0.05) is 25.7 Å². The van der Waals surface area contributed by atoms with Crippen molar-refractivity contribution >= 4 is 10.0 Å². The summed E-state index contributed by atoms with van der Waals surface area (Å²) in [5.41, 5.74) is 1.48. The van der Waals surface area contributed by atoms with E-state index in [0.717, 1.165) is 22.0 Å². The summed E-state index contributed by atoms with van der Waals surface area (Å²) in [5.74, 6) is 1.95. The van der Waals surface area contributed by atoms with E-state index in [1.165, 1.54) is 20.2 Å². The van der Waals surface area contributed by atoms with E-state index >= 15 is 0 Å². The molecule has 2 aromatic heterocycles. The molecule has 0 N–H and O–H groups in total. The van der Waals surface area contributed by atoms with Crippen molar-refractivity contribution in [2.75, 3.05) is 20.7 Å². The molecule has 0 aliphatic carbocycles. The average Bonchev–Trinajstić information content (AvgIpc) is 3.28. The largest absolute Gasteiger partial charge is 0.493 e. The first kappa shape index (κ1) is 17.7. The zero-order valence-corrected chi connectivity index (χ0v) is 16.0. The number of benzene rings is 1. The van der Waals surface area contributed by atoms with Gasteiger partial charge in [0.1, 0.15) is 11.5 Å². The second-order valence-corrected chi connectivity index (χ2v) is 8.59. The second kappa shape index (κ2) is 6.50. The number of ether oxygens (including phenoxy) is 1. The normalized spacial score (nSPS) is 17.0. The minimum atomic E-state index is -3.68. The summed E-state index contributed by atoms with van der Waals surface area (Å²) in [6, 6.07) is 9.19. The van der Waals surface area contributed by atoms with Crippen LogP contribution in [0.2, 0.25) is 0 Å². The number of rotatable bonds is 4. The minimum Gasteiger partial charge on any atom is -0.493 e. The van der Waals surface area contributed by atoms with Crippen molar-refractivity contribution in [1.82, 2.24) is 14.4 Å². The smallest absolute Gasteiger partial charge is 0.275 e. The van der Waals surface area contributed by atoms with Crippen LogP contribution >= 0.6 is 0 Å². The molecule has 1 unspecified atom stereocenters. The van der Waals surface area contributed by atoms with Gasteiger partial charge in [0.25, 0.3) is 15.9 Å². The van der Waals surface area contributed by atoms with Gasteiger partial charge >= 0.3 is 0 Å². The Morgan fingerprint density at radius 2 is 2.00 bits per heavy atom. The Bertz CT molecular complexity index is 1080. The van der Waals surface area contributed by atoms with Crippen LogP contribution in [0.1, 0.15) is 29.5 Å². The van der Waals surface area contributed by atoms with E-state index < -0.39 is 10.0 Å². The van der Waals surface area contributed by atoms with E-state index in [1.807, 2.05) is 24.3 Å². The molecule has 1 aliphatic rings. The summed E-state index contributed by atoms with van der Waals surface area (Å²) in [7, 11) is -0.791. The fourth-order valence-corrected chi connectivity index (χ4v) is 3.93. The first-order chi connectivity index (χ1) is 12.9. The molecule has 27 heavy (non-hydrogen) atoms. The van der Waals surface area contributed by atoms with E-state index in [9.17, 15) is 8.42 Å². The lowest BCUT2D eigenvalue weighted by molar-refractivity contribution is 0.272. The highest BCUT2D eigenvalue weighted by Gasteiger charge is 2.29. The quantitative estimate of drug-likeness (QED) is 0.676. The van der Waals surface area contributed by atoms with Crippen LogP contribution in [0.25, 0.3) is 11.5 Å². The first-order valence-electron chi connectivity index (χ1n) is 8.46. The van der Waals surface area contributed by atoms with Crippen LogP contribution in [0.4, 0.5) is 0 Å². The van der Waals surface area contributed by atoms with Crippen molar-refractivity contribution in [1.29, 1.82) is 0 Å². The molecule has 9 heteroatoms. The van der Waals surface area contributed by atoms with Crippen LogP contribution in [-0.4, -0.2) is 43.6 Å². The summed E-state index contributed by atoms with van der Waals surface area (Å²) in [5, 5.41) is 3.96. The van der Waals surface area contributed by atoms with Crippen LogP contribution in [0.15, 0.2) is 44.4 Å². The van der Waals surface area contributed by atoms with Gasteiger partial charge in [-0.3, -0.25) is 0 Å². The van der Waals surface area contributed by atoms with Crippen molar-refractivity contribution < 1.29 is 22.1 Å². The molecule has 1 aliphatic heterocycles. The Labute approximate surface area is 156 Å². The maximum Gasteiger partial charge on any atom is 0.275 e. The van der Waals surface area contributed by atoms with Crippen molar-refractivity contribution in [2.24, 2.45) is 0 Å². The van der Waals surface area contributed by atoms with Crippen molar-refractivity contribution in [3.63, 3.8) is 0 Å². The maximum atomic E-state index is 12.3. The number of para-hydroxylation sites is 1. The van der Waals surface area contributed by atoms with Gasteiger partial charge < -0.3 is 13.7 Å². The van der Waals surface area contributed by atoms with E-state index in [-0.39, 0.29) is 16.9 Å². The Morgan fingerprint density at radius 1 is 1.22 bits per heavy atom. The van der Waals surface area contributed by atoms with E-state index in [1.54, 1.807) is 6.92 Å². The molecule has 0 fully saturated rings. The molecule has 4 rings (SSSR count). The molecule has 0 saturated heterocycles. The first-order valence-corrected chi connectivity index (χ1v) is 9.90.